The molecular weight excluding hydrogens is 460 g/mol. The van der Waals surface area contributed by atoms with Crippen LogP contribution in [0.1, 0.15) is 0 Å². The fourth-order valence-electron chi connectivity index (χ4n) is 5.41. The maximum absolute atomic E-state index is 2.37. The van der Waals surface area contributed by atoms with E-state index in [1.807, 2.05) is 0 Å². The molecule has 0 fully saturated rings. The Hall–Kier alpha value is -5.08. The molecule has 1 aromatic heterocycles. The van der Waals surface area contributed by atoms with Crippen LogP contribution < -0.4 is 4.90 Å². The summed E-state index contributed by atoms with van der Waals surface area (Å²) in [5, 5.41) is 2.53. The molecule has 0 aliphatic rings. The lowest BCUT2D eigenvalue weighted by atomic mass is 10.0. The van der Waals surface area contributed by atoms with Gasteiger partial charge in [0.25, 0.3) is 0 Å². The molecule has 0 aliphatic carbocycles. The number of aromatic nitrogens is 1. The molecule has 1 heterocycles. The van der Waals surface area contributed by atoms with Gasteiger partial charge in [-0.1, -0.05) is 91.0 Å². The van der Waals surface area contributed by atoms with Gasteiger partial charge in [-0.05, 0) is 77.9 Å². The van der Waals surface area contributed by atoms with Crippen molar-refractivity contribution in [1.82, 2.24) is 4.57 Å². The van der Waals surface area contributed by atoms with Crippen molar-refractivity contribution in [3.05, 3.63) is 158 Å². The Morgan fingerprint density at radius 1 is 0.368 bits per heavy atom. The van der Waals surface area contributed by atoms with Gasteiger partial charge < -0.3 is 9.47 Å². The summed E-state index contributed by atoms with van der Waals surface area (Å²) < 4.78 is 2.37. The van der Waals surface area contributed by atoms with Gasteiger partial charge in [0.05, 0.1) is 11.0 Å². The average molecular weight is 487 g/mol. The number of hydrogen-bond donors (Lipinski definition) is 0. The highest BCUT2D eigenvalue weighted by atomic mass is 15.1. The zero-order valence-corrected chi connectivity index (χ0v) is 20.9. The molecule has 0 saturated heterocycles. The summed E-state index contributed by atoms with van der Waals surface area (Å²) >= 11 is 0. The fraction of sp³-hybridized carbons (Fsp3) is 0. The zero-order chi connectivity index (χ0) is 25.3. The summed E-state index contributed by atoms with van der Waals surface area (Å²) in [6, 6.07) is 56.0. The number of rotatable bonds is 5. The summed E-state index contributed by atoms with van der Waals surface area (Å²) in [6.45, 7) is 0. The van der Waals surface area contributed by atoms with Gasteiger partial charge in [0.15, 0.2) is 0 Å². The van der Waals surface area contributed by atoms with Crippen LogP contribution in [0.2, 0.25) is 0 Å². The van der Waals surface area contributed by atoms with Gasteiger partial charge in [-0.2, -0.15) is 0 Å². The first-order valence-corrected chi connectivity index (χ1v) is 13.0. The summed E-state index contributed by atoms with van der Waals surface area (Å²) in [5.74, 6) is 0. The van der Waals surface area contributed by atoms with E-state index in [-0.39, 0.29) is 0 Å². The Balaban J connectivity index is 1.36. The molecule has 6 aromatic carbocycles. The molecule has 0 saturated carbocycles. The highest BCUT2D eigenvalue weighted by Crippen LogP contribution is 2.37. The van der Waals surface area contributed by atoms with E-state index >= 15 is 0 Å². The number of hydrogen-bond acceptors (Lipinski definition) is 1. The van der Waals surface area contributed by atoms with Crippen LogP contribution >= 0.6 is 0 Å². The van der Waals surface area contributed by atoms with Crippen molar-refractivity contribution in [2.24, 2.45) is 0 Å². The first kappa shape index (κ1) is 22.1. The lowest BCUT2D eigenvalue weighted by molar-refractivity contribution is 1.17. The van der Waals surface area contributed by atoms with Crippen LogP contribution in [0, 0.1) is 0 Å². The largest absolute Gasteiger partial charge is 0.311 e. The molecule has 7 rings (SSSR count). The second-order valence-corrected chi connectivity index (χ2v) is 9.47. The van der Waals surface area contributed by atoms with Crippen molar-refractivity contribution >= 4 is 38.9 Å². The first-order valence-electron chi connectivity index (χ1n) is 13.0. The molecule has 0 amide bonds. The van der Waals surface area contributed by atoms with E-state index in [4.69, 9.17) is 0 Å². The molecule has 2 nitrogen and oxygen atoms in total. The number of fused-ring (bicyclic) bond motifs is 3. The Kier molecular flexibility index (Phi) is 5.49. The van der Waals surface area contributed by atoms with Gasteiger partial charge in [-0.3, -0.25) is 0 Å². The minimum Gasteiger partial charge on any atom is -0.311 e. The molecule has 0 N–H and O–H groups in total. The van der Waals surface area contributed by atoms with E-state index in [0.29, 0.717) is 0 Å². The predicted octanol–water partition coefficient (Wildman–Crippen LogP) is 9.92. The lowest BCUT2D eigenvalue weighted by Gasteiger charge is -2.25. The van der Waals surface area contributed by atoms with Crippen molar-refractivity contribution in [2.45, 2.75) is 0 Å². The Morgan fingerprint density at radius 3 is 1.55 bits per heavy atom. The Bertz CT molecular complexity index is 1800. The van der Waals surface area contributed by atoms with Crippen molar-refractivity contribution in [1.29, 1.82) is 0 Å². The molecule has 0 bridgehead atoms. The first-order chi connectivity index (χ1) is 18.9. The molecule has 0 spiro atoms. The minimum absolute atomic E-state index is 1.12. The normalized spacial score (nSPS) is 11.2. The SMILES string of the molecule is c1ccc(-c2ccc3c(c2)c2ccccc2n3-c2ccc(N(c3ccccc3)c3ccccc3)cc2)cc1. The number of benzene rings is 6. The van der Waals surface area contributed by atoms with Gasteiger partial charge in [0.2, 0.25) is 0 Å². The highest BCUT2D eigenvalue weighted by Gasteiger charge is 2.15. The second-order valence-electron chi connectivity index (χ2n) is 9.47. The maximum Gasteiger partial charge on any atom is 0.0541 e. The molecule has 0 radical (unpaired) electrons. The van der Waals surface area contributed by atoms with E-state index in [1.165, 1.54) is 32.9 Å². The van der Waals surface area contributed by atoms with Crippen LogP contribution in [0.15, 0.2) is 158 Å². The molecule has 0 unspecified atom stereocenters. The Morgan fingerprint density at radius 2 is 0.895 bits per heavy atom. The van der Waals surface area contributed by atoms with Crippen LogP contribution in [0.5, 0.6) is 0 Å². The summed E-state index contributed by atoms with van der Waals surface area (Å²) in [5.41, 5.74) is 9.43. The quantitative estimate of drug-likeness (QED) is 0.235. The molecule has 38 heavy (non-hydrogen) atoms. The lowest BCUT2D eigenvalue weighted by Crippen LogP contribution is -2.09. The van der Waals surface area contributed by atoms with E-state index in [9.17, 15) is 0 Å². The van der Waals surface area contributed by atoms with Crippen molar-refractivity contribution in [2.75, 3.05) is 4.90 Å². The predicted molar refractivity (Wildman–Crippen MR) is 161 cm³/mol. The van der Waals surface area contributed by atoms with Crippen molar-refractivity contribution in [3.63, 3.8) is 0 Å². The molecule has 0 atom stereocenters. The molecular formula is C36H26N2. The van der Waals surface area contributed by atoms with Gasteiger partial charge in [0.1, 0.15) is 0 Å². The fourth-order valence-corrected chi connectivity index (χ4v) is 5.41. The van der Waals surface area contributed by atoms with Gasteiger partial charge >= 0.3 is 0 Å². The number of anilines is 3. The standard InChI is InChI=1S/C36H26N2/c1-4-12-27(13-5-1)28-20-25-36-34(26-28)33-18-10-11-19-35(33)38(36)32-23-21-31(22-24-32)37(29-14-6-2-7-15-29)30-16-8-3-9-17-30/h1-26H. The molecule has 2 heteroatoms. The molecule has 0 aliphatic heterocycles. The number of para-hydroxylation sites is 3. The van der Waals surface area contributed by atoms with Crippen LogP contribution in [-0.2, 0) is 0 Å². The van der Waals surface area contributed by atoms with Crippen molar-refractivity contribution in [3.8, 4) is 16.8 Å². The minimum atomic E-state index is 1.12. The smallest absolute Gasteiger partial charge is 0.0541 e. The van der Waals surface area contributed by atoms with Crippen LogP contribution in [0.25, 0.3) is 38.6 Å². The van der Waals surface area contributed by atoms with E-state index < -0.39 is 0 Å². The zero-order valence-electron chi connectivity index (χ0n) is 20.9. The Labute approximate surface area is 222 Å². The molecule has 180 valence electrons. The third-order valence-electron chi connectivity index (χ3n) is 7.17. The van der Waals surface area contributed by atoms with Gasteiger partial charge in [-0.15, -0.1) is 0 Å². The molecule has 7 aromatic rings. The monoisotopic (exact) mass is 486 g/mol. The highest BCUT2D eigenvalue weighted by molar-refractivity contribution is 6.10. The third kappa shape index (κ3) is 3.84. The average Bonchev–Trinajstić information content (AvgIpc) is 3.33. The topological polar surface area (TPSA) is 8.17 Å². The third-order valence-corrected chi connectivity index (χ3v) is 7.17. The second kappa shape index (κ2) is 9.42. The van der Waals surface area contributed by atoms with Crippen LogP contribution in [0.3, 0.4) is 0 Å². The van der Waals surface area contributed by atoms with Crippen LogP contribution in [0.4, 0.5) is 17.1 Å². The number of nitrogens with zero attached hydrogens (tertiary/aromatic N) is 2. The summed E-state index contributed by atoms with van der Waals surface area (Å²) in [7, 11) is 0. The maximum atomic E-state index is 2.37. The van der Waals surface area contributed by atoms with Gasteiger partial charge in [0, 0.05) is 33.5 Å². The van der Waals surface area contributed by atoms with Crippen molar-refractivity contribution < 1.29 is 0 Å². The summed E-state index contributed by atoms with van der Waals surface area (Å²) in [4.78, 5) is 2.29. The van der Waals surface area contributed by atoms with Gasteiger partial charge in [-0.25, -0.2) is 0 Å². The van der Waals surface area contributed by atoms with E-state index in [2.05, 4.69) is 167 Å². The van der Waals surface area contributed by atoms with E-state index in [1.54, 1.807) is 0 Å². The summed E-state index contributed by atoms with van der Waals surface area (Å²) in [6.07, 6.45) is 0. The van der Waals surface area contributed by atoms with E-state index in [0.717, 1.165) is 22.7 Å². The van der Waals surface area contributed by atoms with Crippen LogP contribution in [-0.4, -0.2) is 4.57 Å².